The van der Waals surface area contributed by atoms with Crippen LogP contribution in [-0.4, -0.2) is 19.4 Å². The number of hydrogen-bond donors (Lipinski definition) is 0. The normalized spacial score (nSPS) is 11.7. The van der Waals surface area contributed by atoms with Gasteiger partial charge in [0, 0.05) is 17.9 Å². The number of benzene rings is 1. The van der Waals surface area contributed by atoms with Crippen LogP contribution in [0.3, 0.4) is 0 Å². The molecule has 0 aliphatic rings. The van der Waals surface area contributed by atoms with Crippen molar-refractivity contribution in [1.29, 1.82) is 0 Å². The Morgan fingerprint density at radius 2 is 2.00 bits per heavy atom. The summed E-state index contributed by atoms with van der Waals surface area (Å²) in [6.07, 6.45) is -2.74. The van der Waals surface area contributed by atoms with E-state index in [2.05, 4.69) is 27.5 Å². The topological polar surface area (TPSA) is 21.6 Å². The highest BCUT2D eigenvalue weighted by Crippen LogP contribution is 2.17. The fraction of sp³-hybridized carbons (Fsp3) is 0.250. The van der Waals surface area contributed by atoms with E-state index in [-0.39, 0.29) is 5.76 Å². The molecule has 0 aliphatic heterocycles. The number of nitrogens with zero attached hydrogens (tertiary/aromatic N) is 1. The maximum absolute atomic E-state index is 12.4. The summed E-state index contributed by atoms with van der Waals surface area (Å²) in [5.41, 5.74) is 1.73. The molecule has 1 aromatic carbocycles. The molecule has 0 amide bonds. The molecule has 1 rings (SSSR count). The summed E-state index contributed by atoms with van der Waals surface area (Å²) >= 11 is 3.32. The highest BCUT2D eigenvalue weighted by Gasteiger charge is 2.15. The molecular weight excluding hydrogens is 292 g/mol. The molecule has 1 aromatic rings. The van der Waals surface area contributed by atoms with Gasteiger partial charge in [0.25, 0.3) is 5.90 Å². The Kier molecular flexibility index (Phi) is 5.28. The van der Waals surface area contributed by atoms with Gasteiger partial charge in [0.15, 0.2) is 0 Å². The summed E-state index contributed by atoms with van der Waals surface area (Å²) in [7, 11) is 1.25. The Morgan fingerprint density at radius 1 is 1.41 bits per heavy atom. The quantitative estimate of drug-likeness (QED) is 0.358. The van der Waals surface area contributed by atoms with Crippen LogP contribution in [0.25, 0.3) is 5.76 Å². The number of ether oxygens (including phenoxy) is 1. The largest absolute Gasteiger partial charge is 0.438 e. The predicted molar refractivity (Wildman–Crippen MR) is 68.6 cm³/mol. The highest BCUT2D eigenvalue weighted by atomic mass is 79.9. The molecule has 0 aromatic heterocycles. The van der Waals surface area contributed by atoms with Gasteiger partial charge in [-0.1, -0.05) is 46.8 Å². The molecule has 0 saturated carbocycles. The van der Waals surface area contributed by atoms with Crippen molar-refractivity contribution in [1.82, 2.24) is 0 Å². The maximum Gasteiger partial charge on any atom is 0.312 e. The van der Waals surface area contributed by atoms with Crippen molar-refractivity contribution in [3.63, 3.8) is 0 Å². The Morgan fingerprint density at radius 3 is 2.41 bits per heavy atom. The van der Waals surface area contributed by atoms with Crippen molar-refractivity contribution >= 4 is 27.6 Å². The van der Waals surface area contributed by atoms with Crippen LogP contribution in [0.15, 0.2) is 35.8 Å². The second kappa shape index (κ2) is 6.49. The van der Waals surface area contributed by atoms with Gasteiger partial charge in [0.2, 0.25) is 0 Å². The van der Waals surface area contributed by atoms with Gasteiger partial charge in [-0.2, -0.15) is 8.78 Å². The Bertz CT molecular complexity index is 415. The van der Waals surface area contributed by atoms with Gasteiger partial charge in [-0.05, 0) is 5.56 Å². The SMILES string of the molecule is C=C(OC(=NC)C(F)F)c1ccc(CBr)cc1. The van der Waals surface area contributed by atoms with Crippen molar-refractivity contribution < 1.29 is 13.5 Å². The third-order valence-corrected chi connectivity index (χ3v) is 2.71. The van der Waals surface area contributed by atoms with Gasteiger partial charge in [0.1, 0.15) is 5.76 Å². The van der Waals surface area contributed by atoms with Crippen molar-refractivity contribution in [2.45, 2.75) is 11.8 Å². The van der Waals surface area contributed by atoms with Gasteiger partial charge in [0.05, 0.1) is 0 Å². The minimum Gasteiger partial charge on any atom is -0.438 e. The lowest BCUT2D eigenvalue weighted by Crippen LogP contribution is -2.13. The lowest BCUT2D eigenvalue weighted by atomic mass is 10.1. The molecule has 0 radical (unpaired) electrons. The van der Waals surface area contributed by atoms with E-state index in [1.54, 1.807) is 12.1 Å². The van der Waals surface area contributed by atoms with Gasteiger partial charge in [-0.15, -0.1) is 0 Å². The molecule has 0 bridgehead atoms. The Labute approximate surface area is 107 Å². The van der Waals surface area contributed by atoms with Crippen LogP contribution in [-0.2, 0) is 10.1 Å². The van der Waals surface area contributed by atoms with Crippen molar-refractivity contribution in [3.05, 3.63) is 42.0 Å². The smallest absolute Gasteiger partial charge is 0.312 e. The van der Waals surface area contributed by atoms with E-state index in [1.807, 2.05) is 12.1 Å². The predicted octanol–water partition coefficient (Wildman–Crippen LogP) is 3.86. The molecule has 5 heteroatoms. The maximum atomic E-state index is 12.4. The fourth-order valence-electron chi connectivity index (χ4n) is 1.15. The second-order valence-corrected chi connectivity index (χ2v) is 3.78. The van der Waals surface area contributed by atoms with Gasteiger partial charge < -0.3 is 4.74 Å². The molecule has 0 unspecified atom stereocenters. The summed E-state index contributed by atoms with van der Waals surface area (Å²) in [4.78, 5) is 3.36. The third kappa shape index (κ3) is 3.93. The van der Waals surface area contributed by atoms with E-state index in [4.69, 9.17) is 4.74 Å². The molecule has 17 heavy (non-hydrogen) atoms. The van der Waals surface area contributed by atoms with E-state index < -0.39 is 12.3 Å². The molecule has 2 nitrogen and oxygen atoms in total. The van der Waals surface area contributed by atoms with Gasteiger partial charge >= 0.3 is 6.43 Å². The zero-order valence-electron chi connectivity index (χ0n) is 9.29. The lowest BCUT2D eigenvalue weighted by Gasteiger charge is -2.10. The van der Waals surface area contributed by atoms with Crippen LogP contribution in [0.2, 0.25) is 0 Å². The zero-order valence-corrected chi connectivity index (χ0v) is 10.9. The second-order valence-electron chi connectivity index (χ2n) is 3.22. The van der Waals surface area contributed by atoms with Crippen molar-refractivity contribution in [2.24, 2.45) is 4.99 Å². The van der Waals surface area contributed by atoms with E-state index >= 15 is 0 Å². The molecule has 0 atom stereocenters. The van der Waals surface area contributed by atoms with Crippen molar-refractivity contribution in [3.8, 4) is 0 Å². The lowest BCUT2D eigenvalue weighted by molar-refractivity contribution is 0.196. The Hall–Kier alpha value is -1.23. The van der Waals surface area contributed by atoms with Crippen LogP contribution in [0, 0.1) is 0 Å². The van der Waals surface area contributed by atoms with Crippen LogP contribution in [0.5, 0.6) is 0 Å². The first-order chi connectivity index (χ1) is 8.08. The van der Waals surface area contributed by atoms with Crippen molar-refractivity contribution in [2.75, 3.05) is 7.05 Å². The monoisotopic (exact) mass is 303 g/mol. The average molecular weight is 304 g/mol. The van der Waals surface area contributed by atoms with Crippen LogP contribution >= 0.6 is 15.9 Å². The fourth-order valence-corrected chi connectivity index (χ4v) is 1.53. The summed E-state index contributed by atoms with van der Waals surface area (Å²) in [5, 5.41) is 0.735. The molecule has 0 spiro atoms. The minimum absolute atomic E-state index is 0.159. The highest BCUT2D eigenvalue weighted by molar-refractivity contribution is 9.08. The number of halogens is 3. The summed E-state index contributed by atoms with van der Waals surface area (Å²) in [5.74, 6) is -0.466. The van der Waals surface area contributed by atoms with E-state index in [0.717, 1.165) is 10.9 Å². The van der Waals surface area contributed by atoms with Crippen LogP contribution < -0.4 is 0 Å². The zero-order chi connectivity index (χ0) is 12.8. The molecule has 0 N–H and O–H groups in total. The van der Waals surface area contributed by atoms with E-state index in [1.165, 1.54) is 7.05 Å². The molecule has 0 aliphatic carbocycles. The minimum atomic E-state index is -2.74. The standard InChI is InChI=1S/C12H12BrF2NO/c1-8(17-12(16-2)11(14)15)10-5-3-9(7-13)4-6-10/h3-6,11H,1,7H2,2H3. The molecule has 92 valence electrons. The third-order valence-electron chi connectivity index (χ3n) is 2.07. The summed E-state index contributed by atoms with van der Waals surface area (Å²) < 4.78 is 29.7. The number of hydrogen-bond acceptors (Lipinski definition) is 2. The van der Waals surface area contributed by atoms with E-state index in [0.29, 0.717) is 5.56 Å². The van der Waals surface area contributed by atoms with Crippen LogP contribution in [0.4, 0.5) is 8.78 Å². The number of rotatable bonds is 4. The van der Waals surface area contributed by atoms with Gasteiger partial charge in [-0.25, -0.2) is 0 Å². The summed E-state index contributed by atoms with van der Waals surface area (Å²) in [6, 6.07) is 7.25. The molecule has 0 fully saturated rings. The van der Waals surface area contributed by atoms with Crippen LogP contribution in [0.1, 0.15) is 11.1 Å². The summed E-state index contributed by atoms with van der Waals surface area (Å²) in [6.45, 7) is 3.60. The molecular formula is C12H12BrF2NO. The number of aliphatic imine (C=N–C) groups is 1. The first-order valence-corrected chi connectivity index (χ1v) is 5.97. The molecule has 0 heterocycles. The van der Waals surface area contributed by atoms with Gasteiger partial charge in [-0.3, -0.25) is 4.99 Å². The first-order valence-electron chi connectivity index (χ1n) is 4.85. The van der Waals surface area contributed by atoms with E-state index in [9.17, 15) is 8.78 Å². The Balaban J connectivity index is 2.76. The molecule has 0 saturated heterocycles. The average Bonchev–Trinajstić information content (AvgIpc) is 2.35. The number of alkyl halides is 3. The first kappa shape index (κ1) is 13.8.